The number of unbranched alkanes of at least 4 members (excludes halogenated alkanes) is 1. The Morgan fingerprint density at radius 2 is 1.70 bits per heavy atom. The summed E-state index contributed by atoms with van der Waals surface area (Å²) in [6.07, 6.45) is -3.59. The van der Waals surface area contributed by atoms with E-state index in [1.165, 1.54) is 19.1 Å². The van der Waals surface area contributed by atoms with E-state index in [0.29, 0.717) is 6.42 Å². The zero-order chi connectivity index (χ0) is 24.9. The maximum Gasteiger partial charge on any atom is 0.431 e. The minimum absolute atomic E-state index is 0.000306. The zero-order valence-electron chi connectivity index (χ0n) is 17.9. The molecule has 1 atom stereocenters. The monoisotopic (exact) mass is 573 g/mol. The first-order valence-electron chi connectivity index (χ1n) is 9.61. The highest BCUT2D eigenvalue weighted by atomic mass is 79.9. The molecule has 1 aliphatic rings. The molecule has 1 aliphatic heterocycles. The zero-order valence-corrected chi connectivity index (χ0v) is 21.0. The van der Waals surface area contributed by atoms with Crippen molar-refractivity contribution in [2.75, 3.05) is 26.2 Å². The molecular formula is C21H21BrCl2F3NO5. The fraction of sp³-hybridized carbons (Fsp3) is 0.429. The van der Waals surface area contributed by atoms with Crippen LogP contribution in [-0.4, -0.2) is 44.3 Å². The molecule has 0 fully saturated rings. The molecule has 33 heavy (non-hydrogen) atoms. The van der Waals surface area contributed by atoms with Gasteiger partial charge in [-0.05, 0) is 31.9 Å². The van der Waals surface area contributed by atoms with Gasteiger partial charge in [-0.1, -0.05) is 39.1 Å². The summed E-state index contributed by atoms with van der Waals surface area (Å²) in [6, 6.07) is 2.66. The molecule has 12 heteroatoms. The largest absolute Gasteiger partial charge is 0.492 e. The number of methoxy groups -OCH3 is 2. The summed E-state index contributed by atoms with van der Waals surface area (Å²) in [4.78, 5) is 25.3. The summed E-state index contributed by atoms with van der Waals surface area (Å²) in [5.74, 6) is -3.83. The number of carbonyl (C=O) groups is 2. The van der Waals surface area contributed by atoms with E-state index in [4.69, 9.17) is 32.7 Å². The number of rotatable bonds is 8. The Morgan fingerprint density at radius 3 is 2.24 bits per heavy atom. The molecule has 0 bridgehead atoms. The topological polar surface area (TPSA) is 73.9 Å². The predicted molar refractivity (Wildman–Crippen MR) is 121 cm³/mol. The van der Waals surface area contributed by atoms with Gasteiger partial charge in [0.05, 0.1) is 42.9 Å². The van der Waals surface area contributed by atoms with Gasteiger partial charge in [0.1, 0.15) is 11.4 Å². The normalized spacial score (nSPS) is 16.5. The molecule has 1 aromatic rings. The molecule has 0 spiro atoms. The van der Waals surface area contributed by atoms with Crippen molar-refractivity contribution in [2.45, 2.75) is 31.9 Å². The molecular weight excluding hydrogens is 554 g/mol. The Hall–Kier alpha value is -1.91. The quantitative estimate of drug-likeness (QED) is 0.245. The number of benzene rings is 1. The Kier molecular flexibility index (Phi) is 9.51. The highest BCUT2D eigenvalue weighted by Crippen LogP contribution is 2.48. The van der Waals surface area contributed by atoms with Crippen molar-refractivity contribution in [3.05, 3.63) is 50.3 Å². The number of dihydropyridines is 1. The summed E-state index contributed by atoms with van der Waals surface area (Å²) in [6.45, 7) is 1.45. The number of alkyl halides is 4. The molecule has 1 N–H and O–H groups in total. The van der Waals surface area contributed by atoms with Gasteiger partial charge in [-0.15, -0.1) is 0 Å². The number of hydrogen-bond acceptors (Lipinski definition) is 6. The van der Waals surface area contributed by atoms with Gasteiger partial charge in [0.15, 0.2) is 0 Å². The molecule has 0 radical (unpaired) electrons. The molecule has 0 aliphatic carbocycles. The lowest BCUT2D eigenvalue weighted by Crippen LogP contribution is -2.38. The van der Waals surface area contributed by atoms with Crippen LogP contribution in [-0.2, 0) is 19.1 Å². The van der Waals surface area contributed by atoms with Gasteiger partial charge in [0, 0.05) is 21.6 Å². The first kappa shape index (κ1) is 27.3. The Balaban J connectivity index is 2.86. The van der Waals surface area contributed by atoms with Crippen LogP contribution >= 0.6 is 39.1 Å². The molecule has 0 aromatic heterocycles. The Morgan fingerprint density at radius 1 is 1.09 bits per heavy atom. The second-order valence-electron chi connectivity index (χ2n) is 6.92. The maximum absolute atomic E-state index is 14.0. The standard InChI is InChI=1S/C21H21BrCl2F3NO5/c1-10-14(19(29)31-2)15(16(20(30)32-3)18(28-10)21(25,26)27)12-8-11(23)9-13(24)17(12)33-7-5-4-6-22/h8-9,15,28H,4-7H2,1-3H3. The summed E-state index contributed by atoms with van der Waals surface area (Å²) in [5.41, 5.74) is -2.62. The third-order valence-corrected chi connectivity index (χ3v) is 5.84. The minimum atomic E-state index is -4.97. The van der Waals surface area contributed by atoms with E-state index in [0.717, 1.165) is 26.0 Å². The predicted octanol–water partition coefficient (Wildman–Crippen LogP) is 5.67. The molecule has 1 heterocycles. The molecule has 6 nitrogen and oxygen atoms in total. The fourth-order valence-corrected chi connectivity index (χ4v) is 4.35. The first-order chi connectivity index (χ1) is 15.5. The van der Waals surface area contributed by atoms with E-state index in [1.54, 1.807) is 0 Å². The van der Waals surface area contributed by atoms with Gasteiger partial charge in [-0.25, -0.2) is 9.59 Å². The molecule has 0 saturated carbocycles. The highest BCUT2D eigenvalue weighted by molar-refractivity contribution is 9.09. The van der Waals surface area contributed by atoms with Gasteiger partial charge in [0.2, 0.25) is 0 Å². The number of hydrogen-bond donors (Lipinski definition) is 1. The lowest BCUT2D eigenvalue weighted by molar-refractivity contribution is -0.139. The van der Waals surface area contributed by atoms with E-state index in [2.05, 4.69) is 26.0 Å². The SMILES string of the molecule is COC(=O)C1=C(C)NC(C(F)(F)F)=C(C(=O)OC)C1c1cc(Cl)cc(Cl)c1OCCCCBr. The van der Waals surface area contributed by atoms with Crippen LogP contribution < -0.4 is 10.1 Å². The first-order valence-corrected chi connectivity index (χ1v) is 11.5. The van der Waals surface area contributed by atoms with E-state index < -0.39 is 35.3 Å². The van der Waals surface area contributed by atoms with Crippen molar-refractivity contribution in [1.82, 2.24) is 5.32 Å². The lowest BCUT2D eigenvalue weighted by atomic mass is 9.79. The minimum Gasteiger partial charge on any atom is -0.492 e. The molecule has 1 aromatic carbocycles. The van der Waals surface area contributed by atoms with Crippen LogP contribution in [0, 0.1) is 0 Å². The van der Waals surface area contributed by atoms with Crippen molar-refractivity contribution in [3.8, 4) is 5.75 Å². The van der Waals surface area contributed by atoms with Gasteiger partial charge < -0.3 is 19.5 Å². The van der Waals surface area contributed by atoms with Crippen LogP contribution in [0.1, 0.15) is 31.2 Å². The van der Waals surface area contributed by atoms with Crippen LogP contribution in [0.15, 0.2) is 34.7 Å². The lowest BCUT2D eigenvalue weighted by Gasteiger charge is -2.32. The number of ether oxygens (including phenoxy) is 3. The smallest absolute Gasteiger partial charge is 0.431 e. The maximum atomic E-state index is 14.0. The third-order valence-electron chi connectivity index (χ3n) is 4.78. The van der Waals surface area contributed by atoms with E-state index in [-0.39, 0.29) is 39.2 Å². The molecule has 182 valence electrons. The van der Waals surface area contributed by atoms with Gasteiger partial charge in [-0.2, -0.15) is 13.2 Å². The van der Waals surface area contributed by atoms with Crippen LogP contribution in [0.4, 0.5) is 13.2 Å². The van der Waals surface area contributed by atoms with Gasteiger partial charge >= 0.3 is 18.1 Å². The number of allylic oxidation sites excluding steroid dienone is 2. The molecule has 0 amide bonds. The Bertz CT molecular complexity index is 995. The summed E-state index contributed by atoms with van der Waals surface area (Å²) < 4.78 is 57.1. The molecule has 2 rings (SSSR count). The van der Waals surface area contributed by atoms with E-state index in [9.17, 15) is 22.8 Å². The number of nitrogens with one attached hydrogen (secondary N) is 1. The van der Waals surface area contributed by atoms with Crippen LogP contribution in [0.25, 0.3) is 0 Å². The molecule has 1 unspecified atom stereocenters. The average molecular weight is 575 g/mol. The Labute approximate surface area is 207 Å². The highest BCUT2D eigenvalue weighted by Gasteiger charge is 2.48. The van der Waals surface area contributed by atoms with Crippen LogP contribution in [0.2, 0.25) is 10.0 Å². The van der Waals surface area contributed by atoms with Crippen LogP contribution in [0.5, 0.6) is 5.75 Å². The van der Waals surface area contributed by atoms with Gasteiger partial charge in [-0.3, -0.25) is 0 Å². The van der Waals surface area contributed by atoms with Gasteiger partial charge in [0.25, 0.3) is 0 Å². The second-order valence-corrected chi connectivity index (χ2v) is 8.55. The number of halogens is 6. The number of esters is 2. The van der Waals surface area contributed by atoms with Crippen molar-refractivity contribution in [1.29, 1.82) is 0 Å². The van der Waals surface area contributed by atoms with Crippen LogP contribution in [0.3, 0.4) is 0 Å². The van der Waals surface area contributed by atoms with Crippen molar-refractivity contribution >= 4 is 51.1 Å². The van der Waals surface area contributed by atoms with Crippen molar-refractivity contribution in [2.24, 2.45) is 0 Å². The summed E-state index contributed by atoms with van der Waals surface area (Å²) in [7, 11) is 2.01. The average Bonchev–Trinajstić information content (AvgIpc) is 2.75. The number of carbonyl (C=O) groups excluding carboxylic acids is 2. The second kappa shape index (κ2) is 11.5. The molecule has 0 saturated heterocycles. The summed E-state index contributed by atoms with van der Waals surface area (Å²) in [5, 5.41) is 2.92. The third kappa shape index (κ3) is 6.16. The fourth-order valence-electron chi connectivity index (χ4n) is 3.39. The van der Waals surface area contributed by atoms with E-state index in [1.807, 2.05) is 0 Å². The van der Waals surface area contributed by atoms with Crippen molar-refractivity contribution in [3.63, 3.8) is 0 Å². The van der Waals surface area contributed by atoms with E-state index >= 15 is 0 Å². The van der Waals surface area contributed by atoms with Crippen molar-refractivity contribution < 1.29 is 37.0 Å². The summed E-state index contributed by atoms with van der Waals surface area (Å²) >= 11 is 15.8.